The average molecular weight is 296 g/mol. The fraction of sp³-hybridized carbons (Fsp3) is 0.500. The van der Waals surface area contributed by atoms with Gasteiger partial charge in [-0.25, -0.2) is 8.42 Å². The zero-order valence-corrected chi connectivity index (χ0v) is 12.7. The Balaban J connectivity index is 2.00. The molecule has 1 heterocycles. The van der Waals surface area contributed by atoms with Crippen molar-refractivity contribution in [2.75, 3.05) is 31.9 Å². The first-order chi connectivity index (χ1) is 9.44. The molecule has 0 atom stereocenters. The minimum Gasteiger partial charge on any atom is -0.336 e. The Bertz CT molecular complexity index is 573. The Labute approximate surface area is 120 Å². The first-order valence-corrected chi connectivity index (χ1v) is 8.38. The Kier molecular flexibility index (Phi) is 4.45. The lowest BCUT2D eigenvalue weighted by Crippen LogP contribution is -2.50. The lowest BCUT2D eigenvalue weighted by molar-refractivity contribution is 0.0698. The van der Waals surface area contributed by atoms with E-state index in [9.17, 15) is 13.2 Å². The van der Waals surface area contributed by atoms with Crippen LogP contribution in [-0.2, 0) is 10.0 Å². The Hall–Kier alpha value is -1.40. The lowest BCUT2D eigenvalue weighted by atomic mass is 10.1. The van der Waals surface area contributed by atoms with E-state index in [0.717, 1.165) is 5.56 Å². The number of carbonyl (C=O) groups is 1. The molecule has 0 aromatic heterocycles. The molecule has 1 aliphatic heterocycles. The second-order valence-corrected chi connectivity index (χ2v) is 7.22. The predicted molar refractivity (Wildman–Crippen MR) is 78.1 cm³/mol. The third-order valence-electron chi connectivity index (χ3n) is 3.58. The van der Waals surface area contributed by atoms with Crippen molar-refractivity contribution in [1.82, 2.24) is 9.21 Å². The van der Waals surface area contributed by atoms with Gasteiger partial charge in [0.05, 0.1) is 5.75 Å². The van der Waals surface area contributed by atoms with Gasteiger partial charge >= 0.3 is 0 Å². The molecule has 1 fully saturated rings. The lowest BCUT2D eigenvalue weighted by Gasteiger charge is -2.33. The summed E-state index contributed by atoms with van der Waals surface area (Å²) in [6.45, 7) is 5.28. The number of amides is 1. The standard InChI is InChI=1S/C14H20N2O3S/c1-3-20(18,19)16-10-8-15(9-11-16)14(17)13-6-4-12(2)5-7-13/h4-7H,3,8-11H2,1-2H3. The SMILES string of the molecule is CCS(=O)(=O)N1CCN(C(=O)c2ccc(C)cc2)CC1. The van der Waals surface area contributed by atoms with Crippen molar-refractivity contribution in [3.05, 3.63) is 35.4 Å². The van der Waals surface area contributed by atoms with Crippen LogP contribution < -0.4 is 0 Å². The highest BCUT2D eigenvalue weighted by Gasteiger charge is 2.27. The number of hydrogen-bond acceptors (Lipinski definition) is 3. The summed E-state index contributed by atoms with van der Waals surface area (Å²) in [5, 5.41) is 0. The number of benzene rings is 1. The normalized spacial score (nSPS) is 17.2. The number of sulfonamides is 1. The van der Waals surface area contributed by atoms with E-state index >= 15 is 0 Å². The number of aryl methyl sites for hydroxylation is 1. The molecular weight excluding hydrogens is 276 g/mol. The summed E-state index contributed by atoms with van der Waals surface area (Å²) in [7, 11) is -3.15. The maximum Gasteiger partial charge on any atom is 0.253 e. The molecule has 20 heavy (non-hydrogen) atoms. The number of carbonyl (C=O) groups excluding carboxylic acids is 1. The molecular formula is C14H20N2O3S. The van der Waals surface area contributed by atoms with Crippen LogP contribution in [0, 0.1) is 6.92 Å². The largest absolute Gasteiger partial charge is 0.336 e. The molecule has 0 radical (unpaired) electrons. The molecule has 0 bridgehead atoms. The van der Waals surface area contributed by atoms with Crippen molar-refractivity contribution in [2.45, 2.75) is 13.8 Å². The second kappa shape index (κ2) is 5.93. The van der Waals surface area contributed by atoms with Gasteiger partial charge in [-0.05, 0) is 26.0 Å². The van der Waals surface area contributed by atoms with Crippen molar-refractivity contribution in [1.29, 1.82) is 0 Å². The van der Waals surface area contributed by atoms with E-state index in [1.807, 2.05) is 31.2 Å². The summed E-state index contributed by atoms with van der Waals surface area (Å²) >= 11 is 0. The van der Waals surface area contributed by atoms with Gasteiger partial charge in [-0.3, -0.25) is 4.79 Å². The van der Waals surface area contributed by atoms with Gasteiger partial charge < -0.3 is 4.90 Å². The molecule has 0 spiro atoms. The Morgan fingerprint density at radius 2 is 1.65 bits per heavy atom. The molecule has 1 aromatic rings. The van der Waals surface area contributed by atoms with Crippen LogP contribution in [0.3, 0.4) is 0 Å². The quantitative estimate of drug-likeness (QED) is 0.839. The summed E-state index contributed by atoms with van der Waals surface area (Å²) in [5.41, 5.74) is 1.77. The molecule has 0 N–H and O–H groups in total. The molecule has 110 valence electrons. The first kappa shape index (κ1) is 15.0. The zero-order valence-electron chi connectivity index (χ0n) is 11.9. The zero-order chi connectivity index (χ0) is 14.8. The highest BCUT2D eigenvalue weighted by molar-refractivity contribution is 7.89. The highest BCUT2D eigenvalue weighted by atomic mass is 32.2. The van der Waals surface area contributed by atoms with E-state index in [2.05, 4.69) is 0 Å². The molecule has 1 amide bonds. The van der Waals surface area contributed by atoms with Gasteiger partial charge in [0, 0.05) is 31.7 Å². The van der Waals surface area contributed by atoms with Crippen molar-refractivity contribution in [3.63, 3.8) is 0 Å². The van der Waals surface area contributed by atoms with Crippen LogP contribution in [0.5, 0.6) is 0 Å². The smallest absolute Gasteiger partial charge is 0.253 e. The summed E-state index contributed by atoms with van der Waals surface area (Å²) in [4.78, 5) is 14.0. The monoisotopic (exact) mass is 296 g/mol. The molecule has 0 unspecified atom stereocenters. The average Bonchev–Trinajstić information content (AvgIpc) is 2.47. The van der Waals surface area contributed by atoms with E-state index in [1.165, 1.54) is 4.31 Å². The Morgan fingerprint density at radius 3 is 2.15 bits per heavy atom. The van der Waals surface area contributed by atoms with Gasteiger partial charge in [0.25, 0.3) is 5.91 Å². The predicted octanol–water partition coefficient (Wildman–Crippen LogP) is 1.10. The van der Waals surface area contributed by atoms with Gasteiger partial charge in [0.15, 0.2) is 0 Å². The van der Waals surface area contributed by atoms with E-state index in [-0.39, 0.29) is 11.7 Å². The molecule has 5 nitrogen and oxygen atoms in total. The summed E-state index contributed by atoms with van der Waals surface area (Å²) in [6.07, 6.45) is 0. The molecule has 1 aromatic carbocycles. The third-order valence-corrected chi connectivity index (χ3v) is 5.46. The van der Waals surface area contributed by atoms with Crippen molar-refractivity contribution in [3.8, 4) is 0 Å². The van der Waals surface area contributed by atoms with E-state index in [0.29, 0.717) is 31.7 Å². The fourth-order valence-electron chi connectivity index (χ4n) is 2.23. The summed E-state index contributed by atoms with van der Waals surface area (Å²) in [5.74, 6) is 0.0809. The molecule has 6 heteroatoms. The van der Waals surface area contributed by atoms with E-state index in [4.69, 9.17) is 0 Å². The van der Waals surface area contributed by atoms with Crippen molar-refractivity contribution in [2.24, 2.45) is 0 Å². The maximum atomic E-state index is 12.3. The number of nitrogens with zero attached hydrogens (tertiary/aromatic N) is 2. The minimum absolute atomic E-state index is 0.0291. The third kappa shape index (κ3) is 3.19. The fourth-order valence-corrected chi connectivity index (χ4v) is 3.32. The summed E-state index contributed by atoms with van der Waals surface area (Å²) < 4.78 is 25.0. The van der Waals surface area contributed by atoms with Crippen molar-refractivity contribution >= 4 is 15.9 Å². The molecule has 0 saturated carbocycles. The summed E-state index contributed by atoms with van der Waals surface area (Å²) in [6, 6.07) is 7.44. The van der Waals surface area contributed by atoms with E-state index in [1.54, 1.807) is 11.8 Å². The van der Waals surface area contributed by atoms with Crippen LogP contribution in [-0.4, -0.2) is 55.5 Å². The number of piperazine rings is 1. The molecule has 1 aliphatic rings. The van der Waals surface area contributed by atoms with Crippen molar-refractivity contribution < 1.29 is 13.2 Å². The maximum absolute atomic E-state index is 12.3. The van der Waals surface area contributed by atoms with Gasteiger partial charge in [0.2, 0.25) is 10.0 Å². The minimum atomic E-state index is -3.15. The topological polar surface area (TPSA) is 57.7 Å². The molecule has 0 aliphatic carbocycles. The van der Waals surface area contributed by atoms with Gasteiger partial charge in [-0.1, -0.05) is 17.7 Å². The van der Waals surface area contributed by atoms with Crippen LogP contribution >= 0.6 is 0 Å². The van der Waals surface area contributed by atoms with E-state index < -0.39 is 10.0 Å². The first-order valence-electron chi connectivity index (χ1n) is 6.78. The van der Waals surface area contributed by atoms with Gasteiger partial charge in [0.1, 0.15) is 0 Å². The van der Waals surface area contributed by atoms with Crippen LogP contribution in [0.15, 0.2) is 24.3 Å². The number of hydrogen-bond donors (Lipinski definition) is 0. The molecule has 2 rings (SSSR count). The van der Waals surface area contributed by atoms with Crippen LogP contribution in [0.2, 0.25) is 0 Å². The van der Waals surface area contributed by atoms with Gasteiger partial charge in [-0.15, -0.1) is 0 Å². The van der Waals surface area contributed by atoms with Gasteiger partial charge in [-0.2, -0.15) is 4.31 Å². The van der Waals surface area contributed by atoms with Crippen LogP contribution in [0.25, 0.3) is 0 Å². The van der Waals surface area contributed by atoms with Crippen LogP contribution in [0.1, 0.15) is 22.8 Å². The number of rotatable bonds is 3. The molecule has 1 saturated heterocycles. The second-order valence-electron chi connectivity index (χ2n) is 4.96. The Morgan fingerprint density at radius 1 is 1.10 bits per heavy atom. The van der Waals surface area contributed by atoms with Crippen LogP contribution in [0.4, 0.5) is 0 Å². The highest BCUT2D eigenvalue weighted by Crippen LogP contribution is 2.12.